The fourth-order valence-electron chi connectivity index (χ4n) is 5.40. The smallest absolute Gasteiger partial charge is 0.249 e. The summed E-state index contributed by atoms with van der Waals surface area (Å²) in [6.07, 6.45) is 1.30. The SMILES string of the molecule is COc1ccc2ncc(F)c(C(O)CCC3(C(=O)NO)CCN(CCCc4c(F)cc(F)cc4F)CC3)c2c1. The third kappa shape index (κ3) is 6.32. The number of hydrogen-bond acceptors (Lipinski definition) is 6. The number of hydrogen-bond donors (Lipinski definition) is 3. The Morgan fingerprint density at radius 2 is 1.82 bits per heavy atom. The van der Waals surface area contributed by atoms with Crippen molar-refractivity contribution in [1.82, 2.24) is 15.4 Å². The summed E-state index contributed by atoms with van der Waals surface area (Å²) in [5.74, 6) is -3.57. The van der Waals surface area contributed by atoms with Crippen LogP contribution < -0.4 is 10.2 Å². The molecule has 0 radical (unpaired) electrons. The van der Waals surface area contributed by atoms with E-state index in [1.807, 2.05) is 4.90 Å². The second-order valence-electron chi connectivity index (χ2n) is 9.97. The number of hydroxylamine groups is 1. The summed E-state index contributed by atoms with van der Waals surface area (Å²) in [6.45, 7) is 1.45. The zero-order chi connectivity index (χ0) is 28.2. The number of nitrogens with one attached hydrogen (secondary N) is 1. The molecule has 1 aliphatic rings. The van der Waals surface area contributed by atoms with E-state index in [1.54, 1.807) is 23.7 Å². The van der Waals surface area contributed by atoms with Crippen LogP contribution in [0.15, 0.2) is 36.5 Å². The van der Waals surface area contributed by atoms with Crippen LogP contribution in [0.2, 0.25) is 0 Å². The molecule has 1 saturated heterocycles. The van der Waals surface area contributed by atoms with Crippen LogP contribution in [-0.4, -0.2) is 52.8 Å². The monoisotopic (exact) mass is 549 g/mol. The summed E-state index contributed by atoms with van der Waals surface area (Å²) in [5, 5.41) is 20.8. The van der Waals surface area contributed by atoms with Crippen LogP contribution in [0.25, 0.3) is 10.9 Å². The quantitative estimate of drug-likeness (QED) is 0.191. The van der Waals surface area contributed by atoms with Crippen molar-refractivity contribution < 1.29 is 37.4 Å². The number of benzene rings is 2. The molecule has 1 fully saturated rings. The highest BCUT2D eigenvalue weighted by Gasteiger charge is 2.41. The van der Waals surface area contributed by atoms with Crippen molar-refractivity contribution in [2.45, 2.75) is 44.6 Å². The number of piperidine rings is 1. The number of aromatic nitrogens is 1. The predicted octanol–water partition coefficient (Wildman–Crippen LogP) is 4.83. The van der Waals surface area contributed by atoms with Crippen LogP contribution in [0.1, 0.15) is 49.3 Å². The van der Waals surface area contributed by atoms with Crippen molar-refractivity contribution >= 4 is 16.8 Å². The summed E-state index contributed by atoms with van der Waals surface area (Å²) in [6, 6.07) is 6.27. The number of carbonyl (C=O) groups is 1. The molecule has 210 valence electrons. The van der Waals surface area contributed by atoms with Gasteiger partial charge in [0.05, 0.1) is 30.3 Å². The third-order valence-corrected chi connectivity index (χ3v) is 7.70. The summed E-state index contributed by atoms with van der Waals surface area (Å²) in [4.78, 5) is 18.8. The van der Waals surface area contributed by atoms with Crippen LogP contribution in [0.4, 0.5) is 17.6 Å². The zero-order valence-corrected chi connectivity index (χ0v) is 21.5. The largest absolute Gasteiger partial charge is 0.497 e. The van der Waals surface area contributed by atoms with Crippen molar-refractivity contribution in [3.05, 3.63) is 70.9 Å². The van der Waals surface area contributed by atoms with Gasteiger partial charge in [0.1, 0.15) is 29.0 Å². The standard InChI is InChI=1S/C28H31F4N3O4/c1-39-18-4-5-24-20(15-18)26(23(32)16-33-24)25(36)6-7-28(27(37)34-38)8-11-35(12-9-28)10-2-3-19-21(30)13-17(29)14-22(19)31/h4-5,13-16,25,36,38H,2-3,6-12H2,1H3,(H,34,37). The van der Waals surface area contributed by atoms with Gasteiger partial charge in [0.2, 0.25) is 5.91 Å². The number of aliphatic hydroxyl groups excluding tert-OH is 1. The molecule has 2 heterocycles. The van der Waals surface area contributed by atoms with Crippen LogP contribution in [0.3, 0.4) is 0 Å². The van der Waals surface area contributed by atoms with Gasteiger partial charge in [0.15, 0.2) is 0 Å². The van der Waals surface area contributed by atoms with E-state index in [4.69, 9.17) is 4.74 Å². The zero-order valence-electron chi connectivity index (χ0n) is 21.5. The molecule has 3 aromatic rings. The topological polar surface area (TPSA) is 94.9 Å². The second-order valence-corrected chi connectivity index (χ2v) is 9.97. The van der Waals surface area contributed by atoms with Gasteiger partial charge >= 0.3 is 0 Å². The van der Waals surface area contributed by atoms with E-state index >= 15 is 0 Å². The Kier molecular flexibility index (Phi) is 9.04. The maximum Gasteiger partial charge on any atom is 0.249 e. The van der Waals surface area contributed by atoms with Gasteiger partial charge in [-0.2, -0.15) is 0 Å². The van der Waals surface area contributed by atoms with Crippen LogP contribution in [0.5, 0.6) is 5.75 Å². The van der Waals surface area contributed by atoms with Gasteiger partial charge in [-0.1, -0.05) is 0 Å². The molecule has 11 heteroatoms. The number of rotatable bonds is 10. The average molecular weight is 550 g/mol. The number of methoxy groups -OCH3 is 1. The lowest BCUT2D eigenvalue weighted by atomic mass is 9.73. The number of ether oxygens (including phenoxy) is 1. The number of fused-ring (bicyclic) bond motifs is 1. The molecule has 1 amide bonds. The summed E-state index contributed by atoms with van der Waals surface area (Å²) >= 11 is 0. The number of nitrogens with zero attached hydrogens (tertiary/aromatic N) is 2. The van der Waals surface area contributed by atoms with Gasteiger partial charge in [-0.25, -0.2) is 23.0 Å². The molecule has 0 saturated carbocycles. The molecule has 0 bridgehead atoms. The molecule has 4 rings (SSSR count). The fraction of sp³-hybridized carbons (Fsp3) is 0.429. The highest BCUT2D eigenvalue weighted by atomic mass is 19.1. The maximum absolute atomic E-state index is 14.8. The number of carbonyl (C=O) groups excluding carboxylic acids is 1. The molecule has 7 nitrogen and oxygen atoms in total. The number of aliphatic hydroxyl groups is 1. The number of pyridine rings is 1. The minimum absolute atomic E-state index is 0.0593. The van der Waals surface area contributed by atoms with Gasteiger partial charge in [-0.15, -0.1) is 0 Å². The van der Waals surface area contributed by atoms with Gasteiger partial charge in [0.25, 0.3) is 0 Å². The van der Waals surface area contributed by atoms with Crippen molar-refractivity contribution in [1.29, 1.82) is 0 Å². The lowest BCUT2D eigenvalue weighted by molar-refractivity contribution is -0.143. The van der Waals surface area contributed by atoms with Crippen molar-refractivity contribution in [3.8, 4) is 5.75 Å². The Bertz CT molecular complexity index is 1310. The van der Waals surface area contributed by atoms with Gasteiger partial charge < -0.3 is 14.7 Å². The second kappa shape index (κ2) is 12.3. The van der Waals surface area contributed by atoms with E-state index in [2.05, 4.69) is 4.98 Å². The molecule has 1 unspecified atom stereocenters. The summed E-state index contributed by atoms with van der Waals surface area (Å²) in [5.41, 5.74) is 1.14. The molecule has 3 N–H and O–H groups in total. The van der Waals surface area contributed by atoms with E-state index < -0.39 is 40.7 Å². The van der Waals surface area contributed by atoms with Crippen LogP contribution >= 0.6 is 0 Å². The molecule has 2 aromatic carbocycles. The minimum Gasteiger partial charge on any atom is -0.497 e. The normalized spacial score (nSPS) is 16.3. The summed E-state index contributed by atoms with van der Waals surface area (Å²) < 4.78 is 61.0. The van der Waals surface area contributed by atoms with Crippen LogP contribution in [-0.2, 0) is 11.2 Å². The predicted molar refractivity (Wildman–Crippen MR) is 135 cm³/mol. The first-order valence-electron chi connectivity index (χ1n) is 12.8. The third-order valence-electron chi connectivity index (χ3n) is 7.70. The number of likely N-dealkylation sites (tertiary alicyclic amines) is 1. The highest BCUT2D eigenvalue weighted by molar-refractivity contribution is 5.84. The molecular weight excluding hydrogens is 518 g/mol. The maximum atomic E-state index is 14.8. The first-order valence-corrected chi connectivity index (χ1v) is 12.8. The Hall–Kier alpha value is -3.28. The van der Waals surface area contributed by atoms with Crippen molar-refractivity contribution in [2.24, 2.45) is 5.41 Å². The molecule has 0 spiro atoms. The molecule has 1 atom stereocenters. The Labute approximate surface area is 223 Å². The van der Waals surface area contributed by atoms with E-state index in [0.717, 1.165) is 6.20 Å². The Morgan fingerprint density at radius 1 is 1.13 bits per heavy atom. The lowest BCUT2D eigenvalue weighted by Gasteiger charge is -2.40. The van der Waals surface area contributed by atoms with Gasteiger partial charge in [0, 0.05) is 28.6 Å². The van der Waals surface area contributed by atoms with E-state index in [0.29, 0.717) is 67.7 Å². The van der Waals surface area contributed by atoms with Crippen molar-refractivity contribution in [2.75, 3.05) is 26.7 Å². The first-order chi connectivity index (χ1) is 18.7. The Morgan fingerprint density at radius 3 is 2.46 bits per heavy atom. The fourth-order valence-corrected chi connectivity index (χ4v) is 5.40. The van der Waals surface area contributed by atoms with Gasteiger partial charge in [-0.05, 0) is 76.4 Å². The molecule has 0 aliphatic carbocycles. The van der Waals surface area contributed by atoms with Gasteiger partial charge in [-0.3, -0.25) is 15.0 Å². The average Bonchev–Trinajstić information content (AvgIpc) is 2.93. The van der Waals surface area contributed by atoms with E-state index in [9.17, 15) is 32.7 Å². The van der Waals surface area contributed by atoms with E-state index in [-0.39, 0.29) is 30.4 Å². The van der Waals surface area contributed by atoms with Crippen LogP contribution in [0, 0.1) is 28.7 Å². The lowest BCUT2D eigenvalue weighted by Crippen LogP contribution is -2.48. The minimum atomic E-state index is -1.23. The molecule has 1 aromatic heterocycles. The first kappa shape index (κ1) is 28.7. The van der Waals surface area contributed by atoms with E-state index in [1.165, 1.54) is 7.11 Å². The molecule has 39 heavy (non-hydrogen) atoms. The Balaban J connectivity index is 1.40. The molecular formula is C28H31F4N3O4. The highest BCUT2D eigenvalue weighted by Crippen LogP contribution is 2.40. The number of amides is 1. The number of halogens is 4. The summed E-state index contributed by atoms with van der Waals surface area (Å²) in [7, 11) is 1.48. The molecule has 1 aliphatic heterocycles. The van der Waals surface area contributed by atoms with Crippen molar-refractivity contribution in [3.63, 3.8) is 0 Å².